The number of fused-ring (bicyclic) bond motifs is 1. The van der Waals surface area contributed by atoms with Gasteiger partial charge in [0.05, 0.1) is 17.1 Å². The average molecular weight is 286 g/mol. The van der Waals surface area contributed by atoms with E-state index in [4.69, 9.17) is 0 Å². The first-order valence-corrected chi connectivity index (χ1v) is 7.59. The Morgan fingerprint density at radius 2 is 2.14 bits per heavy atom. The Hall–Kier alpha value is -1.88. The highest BCUT2D eigenvalue weighted by atomic mass is 16.2. The van der Waals surface area contributed by atoms with E-state index >= 15 is 0 Å². The van der Waals surface area contributed by atoms with Crippen LogP contribution in [0.25, 0.3) is 11.0 Å². The normalized spacial score (nSPS) is 16.1. The lowest BCUT2D eigenvalue weighted by atomic mass is 10.3. The van der Waals surface area contributed by atoms with E-state index in [1.54, 1.807) is 0 Å². The molecule has 1 heterocycles. The molecule has 112 valence electrons. The second kappa shape index (κ2) is 5.85. The molecule has 1 fully saturated rings. The second-order valence-corrected chi connectivity index (χ2v) is 5.76. The number of amides is 1. The Kier molecular flexibility index (Phi) is 3.92. The maximum atomic E-state index is 11.5. The highest BCUT2D eigenvalue weighted by Gasteiger charge is 2.29. The predicted octanol–water partition coefficient (Wildman–Crippen LogP) is 1.75. The van der Waals surface area contributed by atoms with Crippen molar-refractivity contribution in [1.29, 1.82) is 0 Å². The largest absolute Gasteiger partial charge is 0.355 e. The highest BCUT2D eigenvalue weighted by molar-refractivity contribution is 5.80. The van der Waals surface area contributed by atoms with Crippen molar-refractivity contribution in [1.82, 2.24) is 20.2 Å². The molecule has 1 saturated carbocycles. The Morgan fingerprint density at radius 1 is 1.38 bits per heavy atom. The van der Waals surface area contributed by atoms with Crippen molar-refractivity contribution in [3.05, 3.63) is 30.1 Å². The molecule has 0 aliphatic heterocycles. The SMILES string of the molecule is CC(NCCNC(=O)C1CC1)c1nc2ccccc2n1C. The predicted molar refractivity (Wildman–Crippen MR) is 82.9 cm³/mol. The van der Waals surface area contributed by atoms with Gasteiger partial charge in [0.1, 0.15) is 5.82 Å². The first kappa shape index (κ1) is 14.1. The van der Waals surface area contributed by atoms with Gasteiger partial charge in [0, 0.05) is 26.1 Å². The standard InChI is InChI=1S/C16H22N4O/c1-11(17-9-10-18-16(21)12-7-8-12)15-19-13-5-3-4-6-14(13)20(15)2/h3-6,11-12,17H,7-10H2,1-2H3,(H,18,21). The molecule has 0 bridgehead atoms. The van der Waals surface area contributed by atoms with Crippen molar-refractivity contribution in [3.8, 4) is 0 Å². The first-order valence-electron chi connectivity index (χ1n) is 7.59. The zero-order valence-corrected chi connectivity index (χ0v) is 12.6. The van der Waals surface area contributed by atoms with E-state index in [0.717, 1.165) is 36.2 Å². The lowest BCUT2D eigenvalue weighted by molar-refractivity contribution is -0.122. The van der Waals surface area contributed by atoms with Gasteiger partial charge >= 0.3 is 0 Å². The lowest BCUT2D eigenvalue weighted by Crippen LogP contribution is -2.34. The van der Waals surface area contributed by atoms with E-state index in [1.165, 1.54) is 0 Å². The van der Waals surface area contributed by atoms with Gasteiger partial charge in [-0.3, -0.25) is 4.79 Å². The van der Waals surface area contributed by atoms with Gasteiger partial charge in [-0.2, -0.15) is 0 Å². The summed E-state index contributed by atoms with van der Waals surface area (Å²) in [6.45, 7) is 3.52. The molecule has 5 nitrogen and oxygen atoms in total. The van der Waals surface area contributed by atoms with Crippen LogP contribution in [-0.4, -0.2) is 28.5 Å². The molecular formula is C16H22N4O. The van der Waals surface area contributed by atoms with Crippen molar-refractivity contribution in [2.45, 2.75) is 25.8 Å². The van der Waals surface area contributed by atoms with E-state index in [0.29, 0.717) is 6.54 Å². The molecule has 3 rings (SSSR count). The van der Waals surface area contributed by atoms with Gasteiger partial charge in [0.2, 0.25) is 5.91 Å². The van der Waals surface area contributed by atoms with Gasteiger partial charge in [-0.05, 0) is 31.9 Å². The number of carbonyl (C=O) groups is 1. The molecule has 1 unspecified atom stereocenters. The summed E-state index contributed by atoms with van der Waals surface area (Å²) in [7, 11) is 2.04. The van der Waals surface area contributed by atoms with Crippen LogP contribution in [0.2, 0.25) is 0 Å². The van der Waals surface area contributed by atoms with Gasteiger partial charge in [0.15, 0.2) is 0 Å². The van der Waals surface area contributed by atoms with E-state index in [1.807, 2.05) is 25.2 Å². The topological polar surface area (TPSA) is 58.9 Å². The minimum atomic E-state index is 0.153. The maximum absolute atomic E-state index is 11.5. The molecule has 0 radical (unpaired) electrons. The van der Waals surface area contributed by atoms with Crippen molar-refractivity contribution in [3.63, 3.8) is 0 Å². The number of aromatic nitrogens is 2. The number of rotatable bonds is 6. The molecular weight excluding hydrogens is 264 g/mol. The van der Waals surface area contributed by atoms with Gasteiger partial charge in [-0.1, -0.05) is 12.1 Å². The number of aryl methyl sites for hydroxylation is 1. The van der Waals surface area contributed by atoms with Crippen LogP contribution in [0.5, 0.6) is 0 Å². The number of carbonyl (C=O) groups excluding carboxylic acids is 1. The average Bonchev–Trinajstić information content (AvgIpc) is 3.28. The summed E-state index contributed by atoms with van der Waals surface area (Å²) in [5.41, 5.74) is 2.16. The Balaban J connectivity index is 1.55. The third-order valence-corrected chi connectivity index (χ3v) is 4.03. The quantitative estimate of drug-likeness (QED) is 0.795. The van der Waals surface area contributed by atoms with E-state index in [2.05, 4.69) is 33.2 Å². The summed E-state index contributed by atoms with van der Waals surface area (Å²) in [4.78, 5) is 16.2. The Morgan fingerprint density at radius 3 is 2.86 bits per heavy atom. The van der Waals surface area contributed by atoms with Gasteiger partial charge < -0.3 is 15.2 Å². The minimum absolute atomic E-state index is 0.153. The van der Waals surface area contributed by atoms with Gasteiger partial charge in [-0.15, -0.1) is 0 Å². The molecule has 1 atom stereocenters. The fourth-order valence-corrected chi connectivity index (χ4v) is 2.61. The van der Waals surface area contributed by atoms with E-state index in [9.17, 15) is 4.79 Å². The van der Waals surface area contributed by atoms with Gasteiger partial charge in [0.25, 0.3) is 0 Å². The number of nitrogens with zero attached hydrogens (tertiary/aromatic N) is 2. The third kappa shape index (κ3) is 3.08. The molecule has 21 heavy (non-hydrogen) atoms. The highest BCUT2D eigenvalue weighted by Crippen LogP contribution is 2.28. The summed E-state index contributed by atoms with van der Waals surface area (Å²) >= 11 is 0. The molecule has 1 aromatic heterocycles. The van der Waals surface area contributed by atoms with Crippen LogP contribution >= 0.6 is 0 Å². The van der Waals surface area contributed by atoms with E-state index in [-0.39, 0.29) is 17.9 Å². The molecule has 0 spiro atoms. The zero-order valence-electron chi connectivity index (χ0n) is 12.6. The smallest absolute Gasteiger partial charge is 0.223 e. The summed E-state index contributed by atoms with van der Waals surface area (Å²) in [6, 6.07) is 8.29. The molecule has 1 aromatic carbocycles. The first-order chi connectivity index (χ1) is 10.2. The fourth-order valence-electron chi connectivity index (χ4n) is 2.61. The molecule has 2 N–H and O–H groups in total. The third-order valence-electron chi connectivity index (χ3n) is 4.03. The Bertz CT molecular complexity index is 645. The van der Waals surface area contributed by atoms with Crippen molar-refractivity contribution in [2.24, 2.45) is 13.0 Å². The van der Waals surface area contributed by atoms with Crippen LogP contribution < -0.4 is 10.6 Å². The lowest BCUT2D eigenvalue weighted by Gasteiger charge is -2.14. The molecule has 0 saturated heterocycles. The van der Waals surface area contributed by atoms with Crippen LogP contribution in [0.1, 0.15) is 31.6 Å². The number of nitrogens with one attached hydrogen (secondary N) is 2. The minimum Gasteiger partial charge on any atom is -0.355 e. The van der Waals surface area contributed by atoms with Crippen LogP contribution in [0.15, 0.2) is 24.3 Å². The van der Waals surface area contributed by atoms with Crippen LogP contribution in [-0.2, 0) is 11.8 Å². The zero-order chi connectivity index (χ0) is 14.8. The summed E-state index contributed by atoms with van der Waals surface area (Å²) in [5, 5.41) is 6.38. The molecule has 2 aromatic rings. The number of imidazole rings is 1. The van der Waals surface area contributed by atoms with E-state index < -0.39 is 0 Å². The van der Waals surface area contributed by atoms with Crippen LogP contribution in [0.4, 0.5) is 0 Å². The number of para-hydroxylation sites is 2. The summed E-state index contributed by atoms with van der Waals surface area (Å²) in [5.74, 6) is 1.50. The second-order valence-electron chi connectivity index (χ2n) is 5.76. The van der Waals surface area contributed by atoms with Crippen LogP contribution in [0, 0.1) is 5.92 Å². The molecule has 1 amide bonds. The number of hydrogen-bond donors (Lipinski definition) is 2. The monoisotopic (exact) mass is 286 g/mol. The van der Waals surface area contributed by atoms with Crippen molar-refractivity contribution in [2.75, 3.05) is 13.1 Å². The molecule has 1 aliphatic rings. The molecule has 1 aliphatic carbocycles. The maximum Gasteiger partial charge on any atom is 0.223 e. The fraction of sp³-hybridized carbons (Fsp3) is 0.500. The van der Waals surface area contributed by atoms with Crippen molar-refractivity contribution < 1.29 is 4.79 Å². The summed E-state index contributed by atoms with van der Waals surface area (Å²) < 4.78 is 2.12. The molecule has 5 heteroatoms. The summed E-state index contributed by atoms with van der Waals surface area (Å²) in [6.07, 6.45) is 2.10. The number of hydrogen-bond acceptors (Lipinski definition) is 3. The van der Waals surface area contributed by atoms with Crippen LogP contribution in [0.3, 0.4) is 0 Å². The Labute approximate surface area is 124 Å². The van der Waals surface area contributed by atoms with Gasteiger partial charge in [-0.25, -0.2) is 4.98 Å². The number of benzene rings is 1. The van der Waals surface area contributed by atoms with Crippen molar-refractivity contribution >= 4 is 16.9 Å².